The van der Waals surface area contributed by atoms with Crippen LogP contribution in [0.5, 0.6) is 0 Å². The first-order valence-corrected chi connectivity index (χ1v) is 22.1. The normalized spacial score (nSPS) is 14.9. The summed E-state index contributed by atoms with van der Waals surface area (Å²) in [5, 5.41) is 29.6. The van der Waals surface area contributed by atoms with Crippen LogP contribution in [0.3, 0.4) is 0 Å². The predicted molar refractivity (Wildman–Crippen MR) is 270 cm³/mol. The molecule has 0 unspecified atom stereocenters. The second-order valence-corrected chi connectivity index (χ2v) is 17.1. The SMILES string of the molecule is [C-]#[N+]/C(=C1/c2cc3ccccc3cc2-c2c3c(c4c(c21)-c1cc2ccccc2cc1/C4=C(/C#N)c1ccccc1)-c1cc2ccccc2cc1/C3=C(/C#N)c1ccccc1)c1ccccc1. The Kier molecular flexibility index (Phi) is 8.10. The Bertz CT molecular complexity index is 3590. The van der Waals surface area contributed by atoms with Gasteiger partial charge in [0, 0.05) is 22.3 Å². The lowest BCUT2D eigenvalue weighted by Gasteiger charge is -2.20. The topological polar surface area (TPSA) is 51.9 Å². The van der Waals surface area contributed by atoms with Crippen LogP contribution in [0.4, 0.5) is 0 Å². The summed E-state index contributed by atoms with van der Waals surface area (Å²) in [6, 6.07) is 74.4. The molecule has 0 atom stereocenters. The van der Waals surface area contributed by atoms with Crippen molar-refractivity contribution in [1.29, 1.82) is 10.5 Å². The number of rotatable bonds is 3. The molecule has 0 N–H and O–H groups in total. The second kappa shape index (κ2) is 14.4. The van der Waals surface area contributed by atoms with E-state index in [0.717, 1.165) is 132 Å². The van der Waals surface area contributed by atoms with Gasteiger partial charge in [0.25, 0.3) is 0 Å². The highest BCUT2D eigenvalue weighted by molar-refractivity contribution is 6.31. The fourth-order valence-corrected chi connectivity index (χ4v) is 11.0. The van der Waals surface area contributed by atoms with Gasteiger partial charge in [0.2, 0.25) is 5.70 Å². The van der Waals surface area contributed by atoms with Gasteiger partial charge in [0.15, 0.2) is 0 Å². The molecule has 300 valence electrons. The minimum Gasteiger partial charge on any atom is -0.237 e. The summed E-state index contributed by atoms with van der Waals surface area (Å²) in [7, 11) is 0. The van der Waals surface area contributed by atoms with Gasteiger partial charge in [-0.1, -0.05) is 164 Å². The summed E-state index contributed by atoms with van der Waals surface area (Å²) in [6.07, 6.45) is 0. The molecule has 0 saturated heterocycles. The standard InChI is InChI=1S/C63H33N3/c1-66-63(39-21-9-4-10-22-39)59-51-34-45-28-16-15-27-44(45)33-50(51)58-61-54(52(35-64)37-17-5-2-6-18-37)46-29-40-23-11-13-25-42(40)31-48(46)56(61)60-55(53(36-65)38-19-7-3-8-20-38)47-30-41-24-12-14-26-43(41)32-49(47)57(60)62(58)59/h2-34H/b54-52+,55-53+,63-59-. The molecule has 0 aromatic heterocycles. The van der Waals surface area contributed by atoms with E-state index >= 15 is 0 Å². The molecule has 10 aromatic carbocycles. The first-order chi connectivity index (χ1) is 32.6. The zero-order valence-electron chi connectivity index (χ0n) is 35.4. The summed E-state index contributed by atoms with van der Waals surface area (Å²) in [6.45, 7) is 9.06. The van der Waals surface area contributed by atoms with Crippen LogP contribution in [-0.4, -0.2) is 0 Å². The van der Waals surface area contributed by atoms with Crippen molar-refractivity contribution in [2.45, 2.75) is 0 Å². The van der Waals surface area contributed by atoms with Crippen molar-refractivity contribution in [3.8, 4) is 45.5 Å². The van der Waals surface area contributed by atoms with Gasteiger partial charge >= 0.3 is 0 Å². The smallest absolute Gasteiger partial charge is 0.202 e. The molecule has 66 heavy (non-hydrogen) atoms. The quantitative estimate of drug-likeness (QED) is 0.132. The van der Waals surface area contributed by atoms with E-state index in [1.165, 1.54) is 0 Å². The first kappa shape index (κ1) is 37.2. The van der Waals surface area contributed by atoms with E-state index < -0.39 is 0 Å². The van der Waals surface area contributed by atoms with E-state index in [4.69, 9.17) is 6.57 Å². The molecule has 0 spiro atoms. The van der Waals surface area contributed by atoms with Gasteiger partial charge in [-0.15, -0.1) is 0 Å². The van der Waals surface area contributed by atoms with Crippen LogP contribution in [0.2, 0.25) is 0 Å². The minimum atomic E-state index is 0.548. The average molecular weight is 832 g/mol. The number of nitrogens with zero attached hydrogens (tertiary/aromatic N) is 3. The van der Waals surface area contributed by atoms with Crippen LogP contribution < -0.4 is 0 Å². The van der Waals surface area contributed by atoms with Crippen LogP contribution >= 0.6 is 0 Å². The Labute approximate surface area is 381 Å². The predicted octanol–water partition coefficient (Wildman–Crippen LogP) is 15.9. The number of fused-ring (bicyclic) bond motifs is 15. The third kappa shape index (κ3) is 5.22. The summed E-state index contributed by atoms with van der Waals surface area (Å²) < 4.78 is 0. The van der Waals surface area contributed by atoms with E-state index in [0.29, 0.717) is 16.8 Å². The van der Waals surface area contributed by atoms with E-state index in [-0.39, 0.29) is 0 Å². The van der Waals surface area contributed by atoms with Crippen LogP contribution in [0.1, 0.15) is 50.1 Å². The maximum absolute atomic E-state index is 11.6. The summed E-state index contributed by atoms with van der Waals surface area (Å²) in [5.74, 6) is 0. The second-order valence-electron chi connectivity index (χ2n) is 17.1. The monoisotopic (exact) mass is 831 g/mol. The molecule has 3 heteroatoms. The molecule has 3 nitrogen and oxygen atoms in total. The Balaban J connectivity index is 1.35. The van der Waals surface area contributed by atoms with Crippen molar-refractivity contribution < 1.29 is 0 Å². The van der Waals surface area contributed by atoms with Crippen LogP contribution in [0.15, 0.2) is 200 Å². The summed E-state index contributed by atoms with van der Waals surface area (Å²) in [5.41, 5.74) is 18.4. The number of hydrogen-bond donors (Lipinski definition) is 0. The van der Waals surface area contributed by atoms with E-state index in [1.807, 2.05) is 91.0 Å². The molecular weight excluding hydrogens is 799 g/mol. The summed E-state index contributed by atoms with van der Waals surface area (Å²) >= 11 is 0. The van der Waals surface area contributed by atoms with Crippen molar-refractivity contribution in [1.82, 2.24) is 0 Å². The Morgan fingerprint density at radius 1 is 0.318 bits per heavy atom. The average Bonchev–Trinajstić information content (AvgIpc) is 3.98. The van der Waals surface area contributed by atoms with Gasteiger partial charge in [-0.05, 0) is 147 Å². The fourth-order valence-electron chi connectivity index (χ4n) is 11.0. The van der Waals surface area contributed by atoms with Crippen molar-refractivity contribution in [2.75, 3.05) is 0 Å². The molecule has 0 bridgehead atoms. The minimum absolute atomic E-state index is 0.548. The van der Waals surface area contributed by atoms with E-state index in [2.05, 4.69) is 126 Å². The van der Waals surface area contributed by atoms with Gasteiger partial charge in [0.05, 0.1) is 17.7 Å². The maximum atomic E-state index is 11.6. The van der Waals surface area contributed by atoms with Gasteiger partial charge in [-0.25, -0.2) is 4.85 Å². The number of nitriles is 2. The zero-order valence-corrected chi connectivity index (χ0v) is 35.4. The van der Waals surface area contributed by atoms with Gasteiger partial charge in [-0.3, -0.25) is 0 Å². The molecule has 0 amide bonds. The maximum Gasteiger partial charge on any atom is 0.202 e. The number of allylic oxidation sites excluding steroid dienone is 2. The molecule has 13 rings (SSSR count). The van der Waals surface area contributed by atoms with Crippen molar-refractivity contribution in [2.24, 2.45) is 0 Å². The molecule has 0 radical (unpaired) electrons. The highest BCUT2D eigenvalue weighted by atomic mass is 14.7. The fraction of sp³-hybridized carbons (Fsp3) is 0. The molecule has 3 aliphatic rings. The number of hydrogen-bond acceptors (Lipinski definition) is 2. The van der Waals surface area contributed by atoms with Gasteiger partial charge in [-0.2, -0.15) is 10.5 Å². The molecule has 0 aliphatic heterocycles. The van der Waals surface area contributed by atoms with E-state index in [9.17, 15) is 10.5 Å². The third-order valence-corrected chi connectivity index (χ3v) is 13.8. The molecular formula is C63H33N3. The lowest BCUT2D eigenvalue weighted by molar-refractivity contribution is 1.51. The number of benzene rings is 10. The summed E-state index contributed by atoms with van der Waals surface area (Å²) in [4.78, 5) is 4.46. The Morgan fingerprint density at radius 3 is 0.909 bits per heavy atom. The van der Waals surface area contributed by atoms with Crippen LogP contribution in [-0.2, 0) is 0 Å². The van der Waals surface area contributed by atoms with Gasteiger partial charge < -0.3 is 0 Å². The molecule has 0 saturated carbocycles. The van der Waals surface area contributed by atoms with Crippen molar-refractivity contribution in [3.63, 3.8) is 0 Å². The zero-order chi connectivity index (χ0) is 44.0. The Morgan fingerprint density at radius 2 is 0.591 bits per heavy atom. The van der Waals surface area contributed by atoms with Gasteiger partial charge in [0.1, 0.15) is 12.1 Å². The molecule has 0 fully saturated rings. The third-order valence-electron chi connectivity index (χ3n) is 13.8. The molecule has 10 aromatic rings. The largest absolute Gasteiger partial charge is 0.237 e. The lowest BCUT2D eigenvalue weighted by Crippen LogP contribution is -2.00. The van der Waals surface area contributed by atoms with Crippen LogP contribution in [0.25, 0.3) is 104 Å². The van der Waals surface area contributed by atoms with E-state index in [1.54, 1.807) is 0 Å². The van der Waals surface area contributed by atoms with Crippen LogP contribution in [0, 0.1) is 29.2 Å². The lowest BCUT2D eigenvalue weighted by atomic mass is 9.81. The molecule has 3 aliphatic carbocycles. The first-order valence-electron chi connectivity index (χ1n) is 22.1. The molecule has 0 heterocycles. The Hall–Kier alpha value is -9.33. The highest BCUT2D eigenvalue weighted by Crippen LogP contribution is 2.67. The van der Waals surface area contributed by atoms with Crippen molar-refractivity contribution >= 4 is 65.9 Å². The van der Waals surface area contributed by atoms with Crippen molar-refractivity contribution in [3.05, 3.63) is 262 Å². The highest BCUT2D eigenvalue weighted by Gasteiger charge is 2.45.